The molecule has 0 bridgehead atoms. The lowest BCUT2D eigenvalue weighted by molar-refractivity contribution is 0.631. The molecule has 0 fully saturated rings. The van der Waals surface area contributed by atoms with Gasteiger partial charge in [-0.25, -0.2) is 4.39 Å². The third kappa shape index (κ3) is 2.92. The fourth-order valence-electron chi connectivity index (χ4n) is 2.81. The first kappa shape index (κ1) is 15.2. The van der Waals surface area contributed by atoms with Crippen molar-refractivity contribution in [3.05, 3.63) is 78.8 Å². The van der Waals surface area contributed by atoms with Gasteiger partial charge in [0.2, 0.25) is 0 Å². The van der Waals surface area contributed by atoms with Gasteiger partial charge in [-0.15, -0.1) is 0 Å². The average molecular weight is 330 g/mol. The van der Waals surface area contributed by atoms with Gasteiger partial charge >= 0.3 is 0 Å². The van der Waals surface area contributed by atoms with Crippen molar-refractivity contribution >= 4 is 0 Å². The number of rotatable bonds is 3. The van der Waals surface area contributed by atoms with Crippen LogP contribution in [0.4, 0.5) is 4.39 Å². The molecule has 0 spiro atoms. The van der Waals surface area contributed by atoms with E-state index in [0.717, 1.165) is 27.9 Å². The van der Waals surface area contributed by atoms with Crippen LogP contribution in [0.5, 0.6) is 0 Å². The lowest BCUT2D eigenvalue weighted by Crippen LogP contribution is -1.92. The van der Waals surface area contributed by atoms with E-state index in [1.165, 1.54) is 6.07 Å². The fraction of sp³-hybridized carbons (Fsp3) is 0.0500. The van der Waals surface area contributed by atoms with E-state index >= 15 is 0 Å². The quantitative estimate of drug-likeness (QED) is 0.595. The van der Waals surface area contributed by atoms with E-state index in [2.05, 4.69) is 20.2 Å². The number of hydrogen-bond acceptors (Lipinski definition) is 3. The molecule has 2 heterocycles. The molecule has 1 N–H and O–H groups in total. The van der Waals surface area contributed by atoms with Crippen molar-refractivity contribution < 1.29 is 4.39 Å². The van der Waals surface area contributed by atoms with Crippen LogP contribution < -0.4 is 0 Å². The summed E-state index contributed by atoms with van der Waals surface area (Å²) >= 11 is 0. The zero-order chi connectivity index (χ0) is 17.2. The second-order valence-electron chi connectivity index (χ2n) is 5.77. The molecular formula is C20H15FN4. The Morgan fingerprint density at radius 1 is 0.840 bits per heavy atom. The molecule has 0 saturated carbocycles. The molecule has 0 saturated heterocycles. The van der Waals surface area contributed by atoms with Crippen molar-refractivity contribution in [2.75, 3.05) is 0 Å². The first-order valence-corrected chi connectivity index (χ1v) is 7.89. The van der Waals surface area contributed by atoms with E-state index in [-0.39, 0.29) is 5.82 Å². The Kier molecular flexibility index (Phi) is 3.82. The normalized spacial score (nSPS) is 10.8. The predicted molar refractivity (Wildman–Crippen MR) is 95.2 cm³/mol. The fourth-order valence-corrected chi connectivity index (χ4v) is 2.81. The monoisotopic (exact) mass is 330 g/mol. The largest absolute Gasteiger partial charge is 0.285 e. The van der Waals surface area contributed by atoms with E-state index < -0.39 is 0 Å². The third-order valence-corrected chi connectivity index (χ3v) is 4.07. The maximum atomic E-state index is 14.7. The number of benzene rings is 2. The van der Waals surface area contributed by atoms with Gasteiger partial charge < -0.3 is 0 Å². The van der Waals surface area contributed by atoms with Crippen LogP contribution in [0.25, 0.3) is 33.5 Å². The van der Waals surface area contributed by atoms with Crippen LogP contribution in [-0.2, 0) is 0 Å². The van der Waals surface area contributed by atoms with Crippen LogP contribution in [0, 0.1) is 12.7 Å². The minimum absolute atomic E-state index is 0.322. The summed E-state index contributed by atoms with van der Waals surface area (Å²) in [5, 5.41) is 6.81. The highest BCUT2D eigenvalue weighted by Crippen LogP contribution is 2.33. The van der Waals surface area contributed by atoms with Crippen LogP contribution in [0.2, 0.25) is 0 Å². The molecule has 0 aliphatic rings. The summed E-state index contributed by atoms with van der Waals surface area (Å²) in [5.74, 6) is -0.322. The molecule has 25 heavy (non-hydrogen) atoms. The zero-order valence-electron chi connectivity index (χ0n) is 13.6. The standard InChI is InChI=1S/C20H15FN4/c1-13-9-23-20(12-22-13)18-7-6-14(8-19(18)21)16-4-2-3-5-17(16)15-10-24-25-11-15/h2-12H,1H3,(H,24,25). The van der Waals surface area contributed by atoms with Gasteiger partial charge in [0, 0.05) is 23.5 Å². The molecule has 0 aliphatic carbocycles. The summed E-state index contributed by atoms with van der Waals surface area (Å²) in [7, 11) is 0. The molecule has 0 atom stereocenters. The molecule has 0 radical (unpaired) electrons. The van der Waals surface area contributed by atoms with Gasteiger partial charge in [-0.2, -0.15) is 5.10 Å². The Hall–Kier alpha value is -3.34. The minimum atomic E-state index is -0.322. The molecule has 0 amide bonds. The van der Waals surface area contributed by atoms with Crippen LogP contribution in [0.3, 0.4) is 0 Å². The highest BCUT2D eigenvalue weighted by atomic mass is 19.1. The highest BCUT2D eigenvalue weighted by Gasteiger charge is 2.12. The van der Waals surface area contributed by atoms with Crippen molar-refractivity contribution in [1.29, 1.82) is 0 Å². The lowest BCUT2D eigenvalue weighted by Gasteiger charge is -2.10. The number of nitrogens with zero attached hydrogens (tertiary/aromatic N) is 3. The number of aryl methyl sites for hydroxylation is 1. The van der Waals surface area contributed by atoms with Gasteiger partial charge in [-0.1, -0.05) is 30.3 Å². The smallest absolute Gasteiger partial charge is 0.133 e. The Bertz CT molecular complexity index is 1010. The first-order valence-electron chi connectivity index (χ1n) is 7.89. The number of halogens is 1. The van der Waals surface area contributed by atoms with Crippen LogP contribution in [0.15, 0.2) is 67.3 Å². The molecule has 2 aromatic heterocycles. The number of H-pyrrole nitrogens is 1. The van der Waals surface area contributed by atoms with E-state index in [1.54, 1.807) is 24.7 Å². The van der Waals surface area contributed by atoms with Gasteiger partial charge in [0.25, 0.3) is 0 Å². The summed E-state index contributed by atoms with van der Waals surface area (Å²) in [4.78, 5) is 8.44. The second kappa shape index (κ2) is 6.28. The van der Waals surface area contributed by atoms with Gasteiger partial charge in [-0.05, 0) is 35.7 Å². The first-order chi connectivity index (χ1) is 12.2. The summed E-state index contributed by atoms with van der Waals surface area (Å²) in [6, 6.07) is 13.1. The topological polar surface area (TPSA) is 54.5 Å². The van der Waals surface area contributed by atoms with Crippen molar-refractivity contribution in [3.63, 3.8) is 0 Å². The van der Waals surface area contributed by atoms with Gasteiger partial charge in [0.15, 0.2) is 0 Å². The minimum Gasteiger partial charge on any atom is -0.285 e. The molecule has 4 aromatic rings. The Balaban J connectivity index is 1.79. The summed E-state index contributed by atoms with van der Waals surface area (Å²) in [6.45, 7) is 1.85. The van der Waals surface area contributed by atoms with Crippen molar-refractivity contribution in [2.24, 2.45) is 0 Å². The van der Waals surface area contributed by atoms with E-state index in [1.807, 2.05) is 43.5 Å². The number of nitrogens with one attached hydrogen (secondary N) is 1. The molecule has 2 aromatic carbocycles. The lowest BCUT2D eigenvalue weighted by atomic mass is 9.95. The summed E-state index contributed by atoms with van der Waals surface area (Å²) in [5.41, 5.74) is 5.48. The molecule has 0 unspecified atom stereocenters. The van der Waals surface area contributed by atoms with Crippen LogP contribution in [-0.4, -0.2) is 20.2 Å². The number of hydrogen-bond donors (Lipinski definition) is 1. The molecule has 4 nitrogen and oxygen atoms in total. The molecule has 122 valence electrons. The van der Waals surface area contributed by atoms with Gasteiger partial charge in [0.05, 0.1) is 23.8 Å². The number of aromatic amines is 1. The second-order valence-corrected chi connectivity index (χ2v) is 5.77. The van der Waals surface area contributed by atoms with Crippen LogP contribution >= 0.6 is 0 Å². The van der Waals surface area contributed by atoms with E-state index in [0.29, 0.717) is 11.3 Å². The summed E-state index contributed by atoms with van der Waals surface area (Å²) < 4.78 is 14.7. The van der Waals surface area contributed by atoms with Crippen LogP contribution in [0.1, 0.15) is 5.69 Å². The number of aromatic nitrogens is 4. The molecule has 4 rings (SSSR count). The summed E-state index contributed by atoms with van der Waals surface area (Å²) in [6.07, 6.45) is 6.81. The van der Waals surface area contributed by atoms with E-state index in [4.69, 9.17) is 0 Å². The van der Waals surface area contributed by atoms with Gasteiger partial charge in [0.1, 0.15) is 5.82 Å². The Morgan fingerprint density at radius 3 is 2.28 bits per heavy atom. The van der Waals surface area contributed by atoms with Crippen molar-refractivity contribution in [2.45, 2.75) is 6.92 Å². The van der Waals surface area contributed by atoms with Gasteiger partial charge in [-0.3, -0.25) is 15.1 Å². The highest BCUT2D eigenvalue weighted by molar-refractivity contribution is 5.83. The molecule has 5 heteroatoms. The maximum Gasteiger partial charge on any atom is 0.133 e. The third-order valence-electron chi connectivity index (χ3n) is 4.07. The Labute approximate surface area is 144 Å². The van der Waals surface area contributed by atoms with Crippen molar-refractivity contribution in [1.82, 2.24) is 20.2 Å². The maximum absolute atomic E-state index is 14.7. The average Bonchev–Trinajstić information content (AvgIpc) is 3.17. The SMILES string of the molecule is Cc1cnc(-c2ccc(-c3ccccc3-c3cn[nH]c3)cc2F)cn1. The zero-order valence-corrected chi connectivity index (χ0v) is 13.6. The Morgan fingerprint density at radius 2 is 1.64 bits per heavy atom. The van der Waals surface area contributed by atoms with E-state index in [9.17, 15) is 4.39 Å². The molecule has 0 aliphatic heterocycles. The predicted octanol–water partition coefficient (Wildman–Crippen LogP) is 4.65. The molecular weight excluding hydrogens is 315 g/mol. The van der Waals surface area contributed by atoms with Crippen molar-refractivity contribution in [3.8, 4) is 33.5 Å².